The van der Waals surface area contributed by atoms with Gasteiger partial charge < -0.3 is 4.74 Å². The van der Waals surface area contributed by atoms with Gasteiger partial charge >= 0.3 is 5.69 Å². The number of hydrogen-bond acceptors (Lipinski definition) is 6. The molecule has 0 aromatic heterocycles. The number of nitro groups is 1. The van der Waals surface area contributed by atoms with Crippen LogP contribution in [-0.4, -0.2) is 25.4 Å². The minimum Gasteiger partial charge on any atom is -0.454 e. The van der Waals surface area contributed by atoms with Gasteiger partial charge in [-0.3, -0.25) is 10.1 Å². The topological polar surface area (TPSA) is 95.7 Å². The molecule has 0 unspecified atom stereocenters. The van der Waals surface area contributed by atoms with Crippen LogP contribution in [0.15, 0.2) is 12.1 Å². The van der Waals surface area contributed by atoms with Crippen molar-refractivity contribution < 1.29 is 26.7 Å². The van der Waals surface area contributed by atoms with Crippen LogP contribution in [-0.2, 0) is 14.3 Å². The summed E-state index contributed by atoms with van der Waals surface area (Å²) in [7, 11) is -3.86. The monoisotopic (exact) mass is 327 g/mol. The fraction of sp³-hybridized carbons (Fsp3) is 0.400. The van der Waals surface area contributed by atoms with E-state index < -0.39 is 43.1 Å². The summed E-state index contributed by atoms with van der Waals surface area (Å²) in [5, 5.41) is 10.1. The summed E-state index contributed by atoms with van der Waals surface area (Å²) < 4.78 is 45.1. The lowest BCUT2D eigenvalue weighted by Gasteiger charge is -2.24. The largest absolute Gasteiger partial charge is 0.454 e. The molecule has 0 radical (unpaired) electrons. The van der Waals surface area contributed by atoms with E-state index >= 15 is 0 Å². The lowest BCUT2D eigenvalue weighted by molar-refractivity contribution is -0.386. The van der Waals surface area contributed by atoms with Crippen molar-refractivity contribution in [3.05, 3.63) is 33.1 Å². The lowest BCUT2D eigenvalue weighted by atomic mass is 10.2. The summed E-state index contributed by atoms with van der Waals surface area (Å²) in [6.07, 6.45) is 0.796. The number of nitrogens with zero attached hydrogens (tertiary/aromatic N) is 1. The first-order valence-corrected chi connectivity index (χ1v) is 7.34. The second kappa shape index (κ2) is 5.51. The van der Waals surface area contributed by atoms with E-state index in [-0.39, 0.29) is 0 Å². The number of ether oxygens (including phenoxy) is 1. The number of benzene rings is 1. The Balaban J connectivity index is 3.22. The molecule has 0 atom stereocenters. The summed E-state index contributed by atoms with van der Waals surface area (Å²) in [4.78, 5) is 9.95. The molecule has 0 saturated heterocycles. The molecule has 10 heteroatoms. The van der Waals surface area contributed by atoms with Crippen molar-refractivity contribution in [2.75, 3.05) is 6.26 Å². The Morgan fingerprint density at radius 1 is 1.40 bits per heavy atom. The number of nitro benzene ring substituents is 1. The van der Waals surface area contributed by atoms with Crippen molar-refractivity contribution >= 4 is 27.4 Å². The molecule has 0 aliphatic carbocycles. The molecular weight excluding hydrogens is 317 g/mol. The Morgan fingerprint density at radius 3 is 2.40 bits per heavy atom. The van der Waals surface area contributed by atoms with Crippen LogP contribution < -0.4 is 4.74 Å². The summed E-state index contributed by atoms with van der Waals surface area (Å²) in [6, 6.07) is 1.83. The average Bonchev–Trinajstić information content (AvgIpc) is 2.18. The summed E-state index contributed by atoms with van der Waals surface area (Å²) in [6.45, 7) is 2.46. The molecule has 0 spiro atoms. The van der Waals surface area contributed by atoms with Crippen LogP contribution in [0.25, 0.3) is 0 Å². The molecule has 0 fully saturated rings. The zero-order valence-corrected chi connectivity index (χ0v) is 12.3. The van der Waals surface area contributed by atoms with Gasteiger partial charge in [0.15, 0.2) is 5.02 Å². The van der Waals surface area contributed by atoms with Gasteiger partial charge in [-0.05, 0) is 12.1 Å². The van der Waals surface area contributed by atoms with Gasteiger partial charge in [-0.2, -0.15) is 8.42 Å². The summed E-state index contributed by atoms with van der Waals surface area (Å²) >= 11 is 5.50. The third-order valence-corrected chi connectivity index (χ3v) is 2.99. The highest BCUT2D eigenvalue weighted by atomic mass is 35.5. The molecular formula is C10H11ClFNO6S. The maximum absolute atomic E-state index is 13.2. The van der Waals surface area contributed by atoms with Gasteiger partial charge in [0, 0.05) is 13.8 Å². The van der Waals surface area contributed by atoms with Gasteiger partial charge in [-0.15, -0.1) is 0 Å². The van der Waals surface area contributed by atoms with Crippen LogP contribution in [0.1, 0.15) is 13.8 Å². The van der Waals surface area contributed by atoms with Crippen LogP contribution in [0.5, 0.6) is 5.75 Å². The normalized spacial score (nSPS) is 12.2. The molecule has 1 aromatic carbocycles. The third kappa shape index (κ3) is 4.29. The Kier molecular flexibility index (Phi) is 4.57. The molecule has 7 nitrogen and oxygen atoms in total. The van der Waals surface area contributed by atoms with E-state index in [1.54, 1.807) is 0 Å². The quantitative estimate of drug-likeness (QED) is 0.357. The molecule has 0 N–H and O–H groups in total. The first-order chi connectivity index (χ1) is 8.93. The predicted molar refractivity (Wildman–Crippen MR) is 68.7 cm³/mol. The fourth-order valence-corrected chi connectivity index (χ4v) is 2.41. The van der Waals surface area contributed by atoms with Gasteiger partial charge in [-0.25, -0.2) is 8.57 Å². The molecule has 0 bridgehead atoms. The maximum Gasteiger partial charge on any atom is 0.332 e. The molecule has 0 aliphatic heterocycles. The van der Waals surface area contributed by atoms with Gasteiger partial charge in [0.05, 0.1) is 11.2 Å². The van der Waals surface area contributed by atoms with Gasteiger partial charge in [0.25, 0.3) is 10.1 Å². The van der Waals surface area contributed by atoms with E-state index in [1.807, 2.05) is 0 Å². The Hall–Kier alpha value is -1.45. The number of hydrogen-bond donors (Lipinski definition) is 0. The lowest BCUT2D eigenvalue weighted by Crippen LogP contribution is -2.34. The van der Waals surface area contributed by atoms with E-state index in [4.69, 9.17) is 16.3 Å². The van der Waals surface area contributed by atoms with Crippen molar-refractivity contribution in [2.45, 2.75) is 19.6 Å². The van der Waals surface area contributed by atoms with Crippen molar-refractivity contribution in [1.29, 1.82) is 0 Å². The highest BCUT2D eigenvalue weighted by Gasteiger charge is 2.31. The predicted octanol–water partition coefficient (Wildman–Crippen LogP) is 2.48. The van der Waals surface area contributed by atoms with E-state index in [2.05, 4.69) is 4.18 Å². The minimum atomic E-state index is -3.86. The average molecular weight is 328 g/mol. The maximum atomic E-state index is 13.2. The smallest absolute Gasteiger partial charge is 0.332 e. The molecule has 1 aromatic rings. The van der Waals surface area contributed by atoms with Crippen LogP contribution in [0.3, 0.4) is 0 Å². The van der Waals surface area contributed by atoms with Gasteiger partial charge in [0.2, 0.25) is 11.5 Å². The third-order valence-electron chi connectivity index (χ3n) is 1.92. The Morgan fingerprint density at radius 2 is 1.95 bits per heavy atom. The Labute approximate surface area is 119 Å². The zero-order chi connectivity index (χ0) is 15.7. The molecule has 0 heterocycles. The van der Waals surface area contributed by atoms with E-state index in [9.17, 15) is 22.9 Å². The van der Waals surface area contributed by atoms with Crippen LogP contribution in [0.2, 0.25) is 5.02 Å². The van der Waals surface area contributed by atoms with Crippen molar-refractivity contribution in [1.82, 2.24) is 0 Å². The zero-order valence-electron chi connectivity index (χ0n) is 10.7. The summed E-state index contributed by atoms with van der Waals surface area (Å²) in [5.41, 5.74) is -0.808. The Bertz CT molecular complexity index is 645. The second-order valence-corrected chi connectivity index (χ2v) is 6.21. The molecule has 112 valence electrons. The van der Waals surface area contributed by atoms with Gasteiger partial charge in [-0.1, -0.05) is 11.6 Å². The SMILES string of the molecule is CC(C)(Oc1ccc(F)c(Cl)c1[N+](=O)[O-])OS(C)(=O)=O. The van der Waals surface area contributed by atoms with E-state index in [0.717, 1.165) is 18.4 Å². The van der Waals surface area contributed by atoms with Crippen molar-refractivity contribution in [2.24, 2.45) is 0 Å². The fourth-order valence-electron chi connectivity index (χ4n) is 1.42. The highest BCUT2D eigenvalue weighted by molar-refractivity contribution is 7.86. The highest BCUT2D eigenvalue weighted by Crippen LogP contribution is 2.38. The standard InChI is InChI=1S/C10H11ClFNO6S/c1-10(2,19-20(3,16)17)18-7-5-4-6(12)8(11)9(7)13(14)15/h4-5H,1-3H3. The molecule has 0 aliphatic rings. The van der Waals surface area contributed by atoms with Crippen LogP contribution in [0, 0.1) is 15.9 Å². The molecule has 20 heavy (non-hydrogen) atoms. The van der Waals surface area contributed by atoms with Crippen molar-refractivity contribution in [3.8, 4) is 5.75 Å². The van der Waals surface area contributed by atoms with E-state index in [1.165, 1.54) is 13.8 Å². The first-order valence-electron chi connectivity index (χ1n) is 5.15. The van der Waals surface area contributed by atoms with Crippen LogP contribution >= 0.6 is 11.6 Å². The molecule has 0 amide bonds. The van der Waals surface area contributed by atoms with E-state index in [0.29, 0.717) is 0 Å². The van der Waals surface area contributed by atoms with Crippen molar-refractivity contribution in [3.63, 3.8) is 0 Å². The van der Waals surface area contributed by atoms with Gasteiger partial charge in [0.1, 0.15) is 5.82 Å². The minimum absolute atomic E-state index is 0.407. The number of rotatable bonds is 5. The second-order valence-electron chi connectivity index (χ2n) is 4.25. The summed E-state index contributed by atoms with van der Waals surface area (Å²) in [5.74, 6) is -3.12. The molecule has 1 rings (SSSR count). The molecule has 0 saturated carbocycles. The first kappa shape index (κ1) is 16.6. The van der Waals surface area contributed by atoms with Crippen LogP contribution in [0.4, 0.5) is 10.1 Å². The number of halogens is 2.